The second kappa shape index (κ2) is 9.34. The zero-order valence-electron chi connectivity index (χ0n) is 18.7. The quantitative estimate of drug-likeness (QED) is 0.536. The normalized spacial score (nSPS) is 18.2. The third kappa shape index (κ3) is 4.21. The Kier molecular flexibility index (Phi) is 6.67. The molecule has 33 heavy (non-hydrogen) atoms. The molecule has 1 fully saturated rings. The highest BCUT2D eigenvalue weighted by Gasteiger charge is 2.27. The Balaban J connectivity index is 1.93. The number of rotatable bonds is 6. The molecule has 176 valence electrons. The van der Waals surface area contributed by atoms with Crippen molar-refractivity contribution in [3.63, 3.8) is 0 Å². The number of hydrogen-bond acceptors (Lipinski definition) is 8. The van der Waals surface area contributed by atoms with E-state index in [9.17, 15) is 4.79 Å². The highest BCUT2D eigenvalue weighted by molar-refractivity contribution is 6.41. The highest BCUT2D eigenvalue weighted by atomic mass is 35.5. The maximum atomic E-state index is 13.7. The lowest BCUT2D eigenvalue weighted by molar-refractivity contribution is 0.192. The number of fused-ring (bicyclic) bond motifs is 1. The average molecular weight is 494 g/mol. The first-order valence-electron chi connectivity index (χ1n) is 10.4. The lowest BCUT2D eigenvalue weighted by atomic mass is 10.0. The summed E-state index contributed by atoms with van der Waals surface area (Å²) in [7, 11) is 2.96. The number of halogens is 2. The molecule has 2 unspecified atom stereocenters. The molecule has 1 aliphatic rings. The molecule has 4 rings (SSSR count). The Bertz CT molecular complexity index is 1240. The van der Waals surface area contributed by atoms with E-state index in [2.05, 4.69) is 15.3 Å². The molecular weight excluding hydrogens is 469 g/mol. The summed E-state index contributed by atoms with van der Waals surface area (Å²) in [4.78, 5) is 22.7. The molecule has 2 aromatic heterocycles. The van der Waals surface area contributed by atoms with Crippen molar-refractivity contribution in [1.29, 1.82) is 0 Å². The van der Waals surface area contributed by atoms with Gasteiger partial charge in [0.25, 0.3) is 5.56 Å². The number of ether oxygens (including phenoxy) is 3. The van der Waals surface area contributed by atoms with Gasteiger partial charge in [-0.1, -0.05) is 23.2 Å². The molecule has 0 amide bonds. The number of hydrogen-bond donors (Lipinski definition) is 2. The fourth-order valence-electron chi connectivity index (χ4n) is 3.86. The van der Waals surface area contributed by atoms with E-state index < -0.39 is 0 Å². The van der Waals surface area contributed by atoms with Gasteiger partial charge in [0.2, 0.25) is 5.95 Å². The minimum absolute atomic E-state index is 0.109. The van der Waals surface area contributed by atoms with Crippen LogP contribution in [0, 0.1) is 0 Å². The fraction of sp³-hybridized carbons (Fsp3) is 0.409. The van der Waals surface area contributed by atoms with E-state index in [4.69, 9.17) is 43.1 Å². The summed E-state index contributed by atoms with van der Waals surface area (Å²) in [6.07, 6.45) is 1.65. The molecule has 0 spiro atoms. The molecule has 2 atom stereocenters. The average Bonchev–Trinajstić information content (AvgIpc) is 3.18. The standard InChI is InChI=1S/C22H25Cl2N5O4/c1-10(2)29-20-11(7-26-22(28-20)27-14-9-33-8-13(14)25)5-12(21(29)30)17-18(23)15(31-3)6-16(32-4)19(17)24/h5-7,10,13-14H,8-9,25H2,1-4H3,(H,26,27,28). The number of aromatic nitrogens is 3. The van der Waals surface area contributed by atoms with Crippen molar-refractivity contribution in [3.05, 3.63) is 38.7 Å². The molecule has 0 bridgehead atoms. The van der Waals surface area contributed by atoms with Gasteiger partial charge in [0.1, 0.15) is 17.1 Å². The lowest BCUT2D eigenvalue weighted by Crippen LogP contribution is -2.39. The minimum Gasteiger partial charge on any atom is -0.495 e. The van der Waals surface area contributed by atoms with Crippen molar-refractivity contribution in [2.24, 2.45) is 5.73 Å². The van der Waals surface area contributed by atoms with E-state index in [1.54, 1.807) is 22.9 Å². The van der Waals surface area contributed by atoms with Gasteiger partial charge in [0.05, 0.1) is 55.1 Å². The van der Waals surface area contributed by atoms with Crippen molar-refractivity contribution in [2.75, 3.05) is 32.8 Å². The van der Waals surface area contributed by atoms with Crippen LogP contribution in [-0.4, -0.2) is 54.1 Å². The van der Waals surface area contributed by atoms with Crippen LogP contribution in [0.15, 0.2) is 23.1 Å². The number of anilines is 1. The fourth-order valence-corrected chi connectivity index (χ4v) is 4.56. The molecular formula is C22H25Cl2N5O4. The number of nitrogens with one attached hydrogen (secondary N) is 1. The van der Waals surface area contributed by atoms with Crippen LogP contribution in [0.3, 0.4) is 0 Å². The maximum absolute atomic E-state index is 13.7. The SMILES string of the molecule is COc1cc(OC)c(Cl)c(-c2cc3cnc(NC4COCC4N)nc3n(C(C)C)c2=O)c1Cl. The summed E-state index contributed by atoms with van der Waals surface area (Å²) in [5, 5.41) is 4.27. The molecule has 0 radical (unpaired) electrons. The molecule has 1 aliphatic heterocycles. The smallest absolute Gasteiger partial charge is 0.260 e. The Morgan fingerprint density at radius 3 is 2.39 bits per heavy atom. The van der Waals surface area contributed by atoms with Crippen molar-refractivity contribution < 1.29 is 14.2 Å². The second-order valence-corrected chi connectivity index (χ2v) is 8.79. The van der Waals surface area contributed by atoms with Crippen molar-refractivity contribution in [2.45, 2.75) is 32.0 Å². The molecule has 3 aromatic rings. The van der Waals surface area contributed by atoms with Crippen molar-refractivity contribution in [1.82, 2.24) is 14.5 Å². The van der Waals surface area contributed by atoms with Crippen LogP contribution in [0.4, 0.5) is 5.95 Å². The monoisotopic (exact) mass is 493 g/mol. The lowest BCUT2D eigenvalue weighted by Gasteiger charge is -2.19. The molecule has 3 heterocycles. The van der Waals surface area contributed by atoms with Gasteiger partial charge < -0.3 is 25.3 Å². The molecule has 0 aliphatic carbocycles. The van der Waals surface area contributed by atoms with Crippen LogP contribution in [0.1, 0.15) is 19.9 Å². The number of pyridine rings is 1. The van der Waals surface area contributed by atoms with Crippen LogP contribution in [0.2, 0.25) is 10.0 Å². The van der Waals surface area contributed by atoms with Gasteiger partial charge >= 0.3 is 0 Å². The second-order valence-electron chi connectivity index (χ2n) is 8.04. The molecule has 0 saturated carbocycles. The number of methoxy groups -OCH3 is 2. The Labute approximate surface area is 200 Å². The Morgan fingerprint density at radius 2 is 1.85 bits per heavy atom. The van der Waals surface area contributed by atoms with Crippen LogP contribution in [0.25, 0.3) is 22.2 Å². The minimum atomic E-state index is -0.304. The van der Waals surface area contributed by atoms with E-state index in [0.29, 0.717) is 52.8 Å². The zero-order chi connectivity index (χ0) is 23.9. The topological polar surface area (TPSA) is 114 Å². The largest absolute Gasteiger partial charge is 0.495 e. The van der Waals surface area contributed by atoms with E-state index >= 15 is 0 Å². The van der Waals surface area contributed by atoms with Crippen LogP contribution < -0.4 is 26.1 Å². The van der Waals surface area contributed by atoms with Crippen molar-refractivity contribution >= 4 is 40.2 Å². The molecule has 9 nitrogen and oxygen atoms in total. The predicted octanol–water partition coefficient (Wildman–Crippen LogP) is 3.50. The molecule has 11 heteroatoms. The Morgan fingerprint density at radius 1 is 1.18 bits per heavy atom. The van der Waals surface area contributed by atoms with Crippen LogP contribution in [0.5, 0.6) is 11.5 Å². The van der Waals surface area contributed by atoms with Gasteiger partial charge in [-0.3, -0.25) is 9.36 Å². The third-order valence-electron chi connectivity index (χ3n) is 5.57. The van der Waals surface area contributed by atoms with Crippen LogP contribution in [-0.2, 0) is 4.74 Å². The highest BCUT2D eigenvalue weighted by Crippen LogP contribution is 2.45. The first-order chi connectivity index (χ1) is 15.8. The number of nitrogens with two attached hydrogens (primary N) is 1. The van der Waals surface area contributed by atoms with Gasteiger partial charge in [-0.2, -0.15) is 4.98 Å². The van der Waals surface area contributed by atoms with Gasteiger partial charge in [-0.25, -0.2) is 4.98 Å². The van der Waals surface area contributed by atoms with Gasteiger partial charge in [0, 0.05) is 29.3 Å². The van der Waals surface area contributed by atoms with Crippen molar-refractivity contribution in [3.8, 4) is 22.6 Å². The van der Waals surface area contributed by atoms with Gasteiger partial charge in [-0.15, -0.1) is 0 Å². The summed E-state index contributed by atoms with van der Waals surface area (Å²) in [6, 6.07) is 2.78. The zero-order valence-corrected chi connectivity index (χ0v) is 20.2. The van der Waals surface area contributed by atoms with Gasteiger partial charge in [-0.05, 0) is 19.9 Å². The van der Waals surface area contributed by atoms with Gasteiger partial charge in [0.15, 0.2) is 0 Å². The summed E-state index contributed by atoms with van der Waals surface area (Å²) in [6.45, 7) is 4.73. The first-order valence-corrected chi connectivity index (χ1v) is 11.1. The molecule has 1 aromatic carbocycles. The van der Waals surface area contributed by atoms with E-state index in [0.717, 1.165) is 0 Å². The third-order valence-corrected chi connectivity index (χ3v) is 6.32. The summed E-state index contributed by atoms with van der Waals surface area (Å²) in [5.41, 5.74) is 6.85. The summed E-state index contributed by atoms with van der Waals surface area (Å²) in [5.74, 6) is 1.05. The molecule has 3 N–H and O–H groups in total. The summed E-state index contributed by atoms with van der Waals surface area (Å²) >= 11 is 13.2. The van der Waals surface area contributed by atoms with Crippen LogP contribution >= 0.6 is 23.2 Å². The first kappa shape index (κ1) is 23.6. The summed E-state index contributed by atoms with van der Waals surface area (Å²) < 4.78 is 17.7. The predicted molar refractivity (Wildman–Crippen MR) is 129 cm³/mol. The number of nitrogens with zero attached hydrogens (tertiary/aromatic N) is 3. The van der Waals surface area contributed by atoms with E-state index in [-0.39, 0.29) is 33.7 Å². The Hall–Kier alpha value is -2.59. The van der Waals surface area contributed by atoms with E-state index in [1.165, 1.54) is 14.2 Å². The maximum Gasteiger partial charge on any atom is 0.260 e. The number of benzene rings is 1. The molecule has 1 saturated heterocycles. The van der Waals surface area contributed by atoms with E-state index in [1.807, 2.05) is 13.8 Å².